The SMILES string of the molecule is CCC(Sc1nc2ccccc2[nH]1)C(=O)Nc1cccc(C)n1. The fraction of sp³-hybridized carbons (Fsp3) is 0.235. The highest BCUT2D eigenvalue weighted by molar-refractivity contribution is 8.00. The molecule has 5 nitrogen and oxygen atoms in total. The number of thioether (sulfide) groups is 1. The number of para-hydroxylation sites is 2. The van der Waals surface area contributed by atoms with Crippen LogP contribution in [0.4, 0.5) is 5.82 Å². The van der Waals surface area contributed by atoms with Gasteiger partial charge in [-0.3, -0.25) is 4.79 Å². The molecule has 6 heteroatoms. The molecule has 2 heterocycles. The second-order valence-electron chi connectivity index (χ2n) is 5.23. The van der Waals surface area contributed by atoms with Crippen molar-refractivity contribution in [3.05, 3.63) is 48.2 Å². The minimum Gasteiger partial charge on any atom is -0.333 e. The van der Waals surface area contributed by atoms with Crippen LogP contribution in [0.3, 0.4) is 0 Å². The molecule has 0 aliphatic rings. The summed E-state index contributed by atoms with van der Waals surface area (Å²) in [5.41, 5.74) is 2.76. The van der Waals surface area contributed by atoms with Crippen molar-refractivity contribution in [1.82, 2.24) is 15.0 Å². The minimum absolute atomic E-state index is 0.0592. The fourth-order valence-corrected chi connectivity index (χ4v) is 3.18. The summed E-state index contributed by atoms with van der Waals surface area (Å²) >= 11 is 1.44. The van der Waals surface area contributed by atoms with E-state index in [0.29, 0.717) is 12.2 Å². The third kappa shape index (κ3) is 3.71. The normalized spacial score (nSPS) is 12.3. The lowest BCUT2D eigenvalue weighted by atomic mass is 10.3. The average Bonchev–Trinajstić information content (AvgIpc) is 2.95. The molecule has 118 valence electrons. The second-order valence-corrected chi connectivity index (χ2v) is 6.42. The molecular formula is C17H18N4OS. The number of nitrogens with zero attached hydrogens (tertiary/aromatic N) is 2. The Hall–Kier alpha value is -2.34. The molecule has 2 N–H and O–H groups in total. The maximum Gasteiger partial charge on any atom is 0.239 e. The zero-order chi connectivity index (χ0) is 16.2. The van der Waals surface area contributed by atoms with E-state index >= 15 is 0 Å². The Morgan fingerprint density at radius 2 is 2.04 bits per heavy atom. The quantitative estimate of drug-likeness (QED) is 0.700. The van der Waals surface area contributed by atoms with Gasteiger partial charge < -0.3 is 10.3 Å². The van der Waals surface area contributed by atoms with Gasteiger partial charge in [-0.1, -0.05) is 36.9 Å². The number of aromatic nitrogens is 3. The van der Waals surface area contributed by atoms with Crippen molar-refractivity contribution in [2.45, 2.75) is 30.7 Å². The smallest absolute Gasteiger partial charge is 0.239 e. The van der Waals surface area contributed by atoms with Crippen LogP contribution in [0, 0.1) is 6.92 Å². The number of benzene rings is 1. The van der Waals surface area contributed by atoms with Crippen molar-refractivity contribution in [2.75, 3.05) is 5.32 Å². The van der Waals surface area contributed by atoms with Crippen LogP contribution in [0.2, 0.25) is 0 Å². The number of H-pyrrole nitrogens is 1. The average molecular weight is 326 g/mol. The van der Waals surface area contributed by atoms with Crippen LogP contribution in [0.25, 0.3) is 11.0 Å². The molecule has 0 aliphatic heterocycles. The van der Waals surface area contributed by atoms with Crippen molar-refractivity contribution >= 4 is 34.5 Å². The largest absolute Gasteiger partial charge is 0.333 e. The van der Waals surface area contributed by atoms with Gasteiger partial charge in [0.1, 0.15) is 5.82 Å². The molecule has 0 saturated carbocycles. The van der Waals surface area contributed by atoms with E-state index < -0.39 is 0 Å². The Morgan fingerprint density at radius 1 is 1.22 bits per heavy atom. The van der Waals surface area contributed by atoms with E-state index in [2.05, 4.69) is 20.3 Å². The third-order valence-corrected chi connectivity index (χ3v) is 4.67. The maximum atomic E-state index is 12.5. The summed E-state index contributed by atoms with van der Waals surface area (Å²) in [5.74, 6) is 0.523. The van der Waals surface area contributed by atoms with E-state index in [9.17, 15) is 4.79 Å². The number of fused-ring (bicyclic) bond motifs is 1. The molecule has 2 aromatic heterocycles. The lowest BCUT2D eigenvalue weighted by molar-refractivity contribution is -0.115. The summed E-state index contributed by atoms with van der Waals surface area (Å²) in [7, 11) is 0. The van der Waals surface area contributed by atoms with Gasteiger partial charge in [0.25, 0.3) is 0 Å². The number of carbonyl (C=O) groups excluding carboxylic acids is 1. The summed E-state index contributed by atoms with van der Waals surface area (Å²) in [4.78, 5) is 24.5. The van der Waals surface area contributed by atoms with Gasteiger partial charge in [0.05, 0.1) is 16.3 Å². The van der Waals surface area contributed by atoms with Crippen molar-refractivity contribution in [1.29, 1.82) is 0 Å². The number of imidazole rings is 1. The Kier molecular flexibility index (Phi) is 4.62. The molecule has 0 aliphatic carbocycles. The number of anilines is 1. The van der Waals surface area contributed by atoms with Crippen LogP contribution in [-0.4, -0.2) is 26.1 Å². The van der Waals surface area contributed by atoms with E-state index in [1.807, 2.05) is 50.2 Å². The molecular weight excluding hydrogens is 308 g/mol. The van der Waals surface area contributed by atoms with Crippen molar-refractivity contribution in [3.63, 3.8) is 0 Å². The highest BCUT2D eigenvalue weighted by Gasteiger charge is 2.20. The van der Waals surface area contributed by atoms with Crippen LogP contribution in [0.5, 0.6) is 0 Å². The minimum atomic E-state index is -0.224. The molecule has 23 heavy (non-hydrogen) atoms. The zero-order valence-electron chi connectivity index (χ0n) is 13.0. The molecule has 0 bridgehead atoms. The summed E-state index contributed by atoms with van der Waals surface area (Å²) < 4.78 is 0. The molecule has 1 aromatic carbocycles. The molecule has 3 aromatic rings. The Balaban J connectivity index is 1.72. The molecule has 0 saturated heterocycles. The lowest BCUT2D eigenvalue weighted by Crippen LogP contribution is -2.25. The van der Waals surface area contributed by atoms with E-state index in [0.717, 1.165) is 21.9 Å². The van der Waals surface area contributed by atoms with Gasteiger partial charge >= 0.3 is 0 Å². The van der Waals surface area contributed by atoms with E-state index in [-0.39, 0.29) is 11.2 Å². The number of nitrogens with one attached hydrogen (secondary N) is 2. The van der Waals surface area contributed by atoms with Gasteiger partial charge in [0.2, 0.25) is 5.91 Å². The highest BCUT2D eigenvalue weighted by atomic mass is 32.2. The number of hydrogen-bond donors (Lipinski definition) is 2. The number of aromatic amines is 1. The van der Waals surface area contributed by atoms with Gasteiger partial charge in [-0.25, -0.2) is 9.97 Å². The predicted molar refractivity (Wildman–Crippen MR) is 93.6 cm³/mol. The number of aryl methyl sites for hydroxylation is 1. The fourth-order valence-electron chi connectivity index (χ4n) is 2.26. The van der Waals surface area contributed by atoms with Crippen molar-refractivity contribution < 1.29 is 4.79 Å². The summed E-state index contributed by atoms with van der Waals surface area (Å²) in [6.45, 7) is 3.89. The molecule has 0 radical (unpaired) electrons. The van der Waals surface area contributed by atoms with Crippen LogP contribution < -0.4 is 5.32 Å². The molecule has 1 atom stereocenters. The number of carbonyl (C=O) groups is 1. The van der Waals surface area contributed by atoms with Gasteiger partial charge in [0.15, 0.2) is 5.16 Å². The van der Waals surface area contributed by atoms with Crippen molar-refractivity contribution in [3.8, 4) is 0 Å². The van der Waals surface area contributed by atoms with E-state index in [1.54, 1.807) is 6.07 Å². The molecule has 1 amide bonds. The first-order valence-electron chi connectivity index (χ1n) is 7.51. The molecule has 3 rings (SSSR count). The zero-order valence-corrected chi connectivity index (χ0v) is 13.9. The predicted octanol–water partition coefficient (Wildman–Crippen LogP) is 3.78. The number of amides is 1. The first-order chi connectivity index (χ1) is 11.2. The molecule has 0 spiro atoms. The molecule has 0 fully saturated rings. The van der Waals surface area contributed by atoms with Gasteiger partial charge in [-0.2, -0.15) is 0 Å². The van der Waals surface area contributed by atoms with Crippen LogP contribution in [-0.2, 0) is 4.79 Å². The number of pyridine rings is 1. The van der Waals surface area contributed by atoms with Gasteiger partial charge in [-0.15, -0.1) is 0 Å². The summed E-state index contributed by atoms with van der Waals surface area (Å²) in [6.07, 6.45) is 0.708. The topological polar surface area (TPSA) is 70.7 Å². The van der Waals surface area contributed by atoms with E-state index in [4.69, 9.17) is 0 Å². The first-order valence-corrected chi connectivity index (χ1v) is 8.39. The lowest BCUT2D eigenvalue weighted by Gasteiger charge is -2.13. The number of hydrogen-bond acceptors (Lipinski definition) is 4. The van der Waals surface area contributed by atoms with Crippen LogP contribution >= 0.6 is 11.8 Å². The van der Waals surface area contributed by atoms with Gasteiger partial charge in [-0.05, 0) is 37.6 Å². The van der Waals surface area contributed by atoms with Gasteiger partial charge in [0, 0.05) is 5.69 Å². The first kappa shape index (κ1) is 15.6. The highest BCUT2D eigenvalue weighted by Crippen LogP contribution is 2.26. The maximum absolute atomic E-state index is 12.5. The van der Waals surface area contributed by atoms with E-state index in [1.165, 1.54) is 11.8 Å². The number of rotatable bonds is 5. The second kappa shape index (κ2) is 6.83. The Labute approximate surface area is 138 Å². The standard InChI is InChI=1S/C17H18N4OS/c1-3-14(16(22)21-15-10-6-7-11(2)18-15)23-17-19-12-8-4-5-9-13(12)20-17/h4-10,14H,3H2,1-2H3,(H,19,20)(H,18,21,22). The Morgan fingerprint density at radius 3 is 2.78 bits per heavy atom. The monoisotopic (exact) mass is 326 g/mol. The Bertz CT molecular complexity index is 797. The summed E-state index contributed by atoms with van der Waals surface area (Å²) in [5, 5.41) is 3.41. The van der Waals surface area contributed by atoms with Crippen LogP contribution in [0.15, 0.2) is 47.6 Å². The third-order valence-electron chi connectivity index (χ3n) is 3.42. The summed E-state index contributed by atoms with van der Waals surface area (Å²) in [6, 6.07) is 13.4. The van der Waals surface area contributed by atoms with Crippen molar-refractivity contribution in [2.24, 2.45) is 0 Å². The van der Waals surface area contributed by atoms with Crippen LogP contribution in [0.1, 0.15) is 19.0 Å². The molecule has 1 unspecified atom stereocenters.